The molecule has 0 bridgehead atoms. The van der Waals surface area contributed by atoms with Crippen LogP contribution < -0.4 is 0 Å². The molecule has 0 heterocycles. The molecule has 0 unspecified atom stereocenters. The minimum atomic E-state index is -0.832. The van der Waals surface area contributed by atoms with E-state index < -0.39 is 49.2 Å². The van der Waals surface area contributed by atoms with Crippen molar-refractivity contribution >= 4 is 102 Å². The number of hydrogen-bond acceptors (Lipinski definition) is 0. The third-order valence-electron chi connectivity index (χ3n) is 9.00. The molecular formula is C45H108Ge3Si7. The van der Waals surface area contributed by atoms with Gasteiger partial charge in [-0.25, -0.2) is 0 Å². The van der Waals surface area contributed by atoms with Gasteiger partial charge in [-0.2, -0.15) is 0 Å². The topological polar surface area (TPSA) is 0 Å². The Labute approximate surface area is 389 Å². The van der Waals surface area contributed by atoms with Gasteiger partial charge in [-0.05, 0) is 45.3 Å². The first-order valence-electron chi connectivity index (χ1n) is 21.2. The van der Waals surface area contributed by atoms with Crippen LogP contribution in [0.25, 0.3) is 0 Å². The van der Waals surface area contributed by atoms with Crippen molar-refractivity contribution in [3.63, 3.8) is 0 Å². The number of hydrogen-bond donors (Lipinski definition) is 0. The third kappa shape index (κ3) is 30.8. The van der Waals surface area contributed by atoms with E-state index in [0.29, 0.717) is 45.3 Å². The summed E-state index contributed by atoms with van der Waals surface area (Å²) in [6.07, 6.45) is 0. The summed E-state index contributed by atoms with van der Waals surface area (Å²) in [7, 11) is -3.64. The van der Waals surface area contributed by atoms with E-state index in [-0.39, 0.29) is 24.9 Å². The Bertz CT molecular complexity index is 721. The van der Waals surface area contributed by atoms with E-state index in [0.717, 1.165) is 0 Å². The van der Waals surface area contributed by atoms with E-state index in [4.69, 9.17) is 0 Å². The first kappa shape index (κ1) is 69.8. The standard InChI is InChI=1S/3C12H27Si.C9H27Si4.Ge2.Ge/c3*1-10(2,3)13(11(4,5)6)12(7,8)9;1-11(2,3)10(12(4,5)6)13(7,8)9;1-2;/h4*1-9H3;;. The Hall–Kier alpha value is 3.15. The molecule has 10 heteroatoms. The fourth-order valence-corrected chi connectivity index (χ4v) is 122. The molecule has 0 amide bonds. The van der Waals surface area contributed by atoms with Gasteiger partial charge in [-0.1, -0.05) is 246 Å². The second-order valence-electron chi connectivity index (χ2n) is 28.5. The average molecular weight is 1060 g/mol. The third-order valence-corrected chi connectivity index (χ3v) is 81.0. The summed E-state index contributed by atoms with van der Waals surface area (Å²) in [4.78, 5) is 0. The Kier molecular flexibility index (Phi) is 30.1. The Balaban J connectivity index is -0.000000142. The van der Waals surface area contributed by atoms with Gasteiger partial charge in [0.1, 0.15) is 0 Å². The van der Waals surface area contributed by atoms with Crippen molar-refractivity contribution in [2.75, 3.05) is 0 Å². The van der Waals surface area contributed by atoms with Crippen molar-refractivity contribution in [2.24, 2.45) is 0 Å². The Morgan fingerprint density at radius 2 is 0.309 bits per heavy atom. The van der Waals surface area contributed by atoms with E-state index >= 15 is 0 Å². The molecule has 0 aliphatic rings. The van der Waals surface area contributed by atoms with Gasteiger partial charge in [-0.15, -0.1) is 0 Å². The van der Waals surface area contributed by atoms with Gasteiger partial charge in [-0.3, -0.25) is 0 Å². The summed E-state index contributed by atoms with van der Waals surface area (Å²) >= 11 is 4.00. The molecule has 0 saturated heterocycles. The Morgan fingerprint density at radius 1 is 0.236 bits per heavy atom. The van der Waals surface area contributed by atoms with E-state index in [2.05, 4.69) is 246 Å². The van der Waals surface area contributed by atoms with Gasteiger partial charge in [0, 0.05) is 47.7 Å². The monoisotopic (exact) mass is 1070 g/mol. The normalized spacial score (nSPS) is 14.5. The SMILES string of the molecule is CC(C)(C)[Si](C(C)(C)C)C(C)(C)C.CC(C)(C)[Si](C(C)(C)C)C(C)(C)C.CC(C)(C)[Si](C(C)(C)C)C(C)(C)C.C[Si](C)(C)[Si]([Si](C)(C)C)[Si](C)(C)C.[Ge].[Ge]=[Ge]. The van der Waals surface area contributed by atoms with E-state index in [9.17, 15) is 0 Å². The van der Waals surface area contributed by atoms with Gasteiger partial charge in [0.25, 0.3) is 0 Å². The van der Waals surface area contributed by atoms with Gasteiger partial charge in [0.2, 0.25) is 0 Å². The second kappa shape index (κ2) is 23.7. The van der Waals surface area contributed by atoms with Crippen LogP contribution >= 0.6 is 0 Å². The molecule has 0 aliphatic heterocycles. The van der Waals surface area contributed by atoms with E-state index in [1.54, 1.807) is 0 Å². The van der Waals surface area contributed by atoms with Gasteiger partial charge >= 0.3 is 28.0 Å². The zero-order valence-electron chi connectivity index (χ0n) is 45.5. The predicted octanol–water partition coefficient (Wildman–Crippen LogP) is 17.2. The fourth-order valence-electron chi connectivity index (χ4n) is 13.5. The molecule has 0 rings (SSSR count). The summed E-state index contributed by atoms with van der Waals surface area (Å²) in [5.74, 6) is 0. The van der Waals surface area contributed by atoms with Crippen molar-refractivity contribution in [1.82, 2.24) is 0 Å². The van der Waals surface area contributed by atoms with Gasteiger partial charge in [0.05, 0.1) is 26.4 Å². The Morgan fingerprint density at radius 3 is 0.309 bits per heavy atom. The molecule has 0 aromatic rings. The molecule has 0 aromatic carbocycles. The molecule has 55 heavy (non-hydrogen) atoms. The molecule has 0 aromatic heterocycles. The molecule has 0 nitrogen and oxygen atoms in total. The molecule has 0 fully saturated rings. The van der Waals surface area contributed by atoms with Gasteiger partial charge < -0.3 is 0 Å². The van der Waals surface area contributed by atoms with E-state index in [1.807, 2.05) is 28.0 Å². The van der Waals surface area contributed by atoms with Crippen LogP contribution in [0, 0.1) is 0 Å². The second-order valence-corrected chi connectivity index (χ2v) is 81.0. The van der Waals surface area contributed by atoms with Crippen LogP contribution in [-0.4, -0.2) is 102 Å². The van der Waals surface area contributed by atoms with Crippen LogP contribution in [0.5, 0.6) is 0 Å². The summed E-state index contributed by atoms with van der Waals surface area (Å²) in [5.41, 5.74) is 0. The first-order valence-corrected chi connectivity index (χ1v) is 47.2. The minimum absolute atomic E-state index is 0. The predicted molar refractivity (Wildman–Crippen MR) is 288 cm³/mol. The molecule has 0 saturated carbocycles. The van der Waals surface area contributed by atoms with Crippen LogP contribution in [0.4, 0.5) is 0 Å². The zero-order chi connectivity index (χ0) is 46.3. The van der Waals surface area contributed by atoms with Gasteiger partial charge in [0.15, 0.2) is 0 Å². The van der Waals surface area contributed by atoms with Crippen LogP contribution in [0.15, 0.2) is 0 Å². The van der Waals surface area contributed by atoms with Crippen LogP contribution in [0.2, 0.25) is 104 Å². The van der Waals surface area contributed by atoms with Crippen molar-refractivity contribution in [1.29, 1.82) is 0 Å². The molecule has 12 radical (unpaired) electrons. The van der Waals surface area contributed by atoms with Crippen LogP contribution in [0.1, 0.15) is 187 Å². The maximum absolute atomic E-state index is 2.61. The van der Waals surface area contributed by atoms with Crippen molar-refractivity contribution in [2.45, 2.75) is 291 Å². The molecule has 328 valence electrons. The maximum atomic E-state index is 2.61. The summed E-state index contributed by atoms with van der Waals surface area (Å²) in [5, 5.41) is 4.39. The molecular weight excluding hydrogens is 955 g/mol. The molecule has 0 spiro atoms. The molecule has 0 N–H and O–H groups in total. The van der Waals surface area contributed by atoms with E-state index in [1.165, 1.54) is 0 Å². The fraction of sp³-hybridized carbons (Fsp3) is 1.00. The van der Waals surface area contributed by atoms with Crippen LogP contribution in [-0.2, 0) is 0 Å². The quantitative estimate of drug-likeness (QED) is 0.247. The first-order chi connectivity index (χ1) is 22.5. The van der Waals surface area contributed by atoms with Crippen LogP contribution in [0.3, 0.4) is 0 Å². The molecule has 0 aliphatic carbocycles. The van der Waals surface area contributed by atoms with Crippen molar-refractivity contribution in [3.05, 3.63) is 0 Å². The average Bonchev–Trinajstić information content (AvgIpc) is 2.61. The summed E-state index contributed by atoms with van der Waals surface area (Å²) < 4.78 is 0. The summed E-state index contributed by atoms with van der Waals surface area (Å²) in [6.45, 7) is 88.3. The molecule has 0 atom stereocenters. The summed E-state index contributed by atoms with van der Waals surface area (Å²) in [6, 6.07) is 0. The zero-order valence-corrected chi connectivity index (χ0v) is 58.8. The van der Waals surface area contributed by atoms with Crippen molar-refractivity contribution < 1.29 is 0 Å². The number of rotatable bonds is 3. The van der Waals surface area contributed by atoms with Crippen molar-refractivity contribution in [3.8, 4) is 0 Å².